The van der Waals surface area contributed by atoms with Gasteiger partial charge in [0.25, 0.3) is 0 Å². The van der Waals surface area contributed by atoms with Gasteiger partial charge in [0.2, 0.25) is 0 Å². The Balaban J connectivity index is 4.18. The van der Waals surface area contributed by atoms with Gasteiger partial charge < -0.3 is 0 Å². The lowest BCUT2D eigenvalue weighted by molar-refractivity contribution is 1.35. The third-order valence-electron chi connectivity index (χ3n) is 1.26. The lowest BCUT2D eigenvalue weighted by Gasteiger charge is -1.99. The highest BCUT2D eigenvalue weighted by Crippen LogP contribution is 2.09. The van der Waals surface area contributed by atoms with Crippen molar-refractivity contribution in [3.05, 3.63) is 36.0 Å². The summed E-state index contributed by atoms with van der Waals surface area (Å²) in [5.41, 5.74) is 2.15. The molecule has 0 N–H and O–H groups in total. The quantitative estimate of drug-likeness (QED) is 0.409. The molecule has 0 fully saturated rings. The van der Waals surface area contributed by atoms with E-state index in [1.807, 2.05) is 32.1 Å². The molecule has 0 nitrogen and oxygen atoms in total. The van der Waals surface area contributed by atoms with Crippen LogP contribution in [0.4, 0.5) is 0 Å². The average molecular weight is 132 g/mol. The molecular weight excluding hydrogens is 119 g/mol. The maximum atomic E-state index is 5.45. The summed E-state index contributed by atoms with van der Waals surface area (Å²) in [5.74, 6) is 0. The number of allylic oxidation sites excluding steroid dienone is 5. The fourth-order valence-electron chi connectivity index (χ4n) is 0.597. The Kier molecular flexibility index (Phi) is 4.74. The molecule has 10 heavy (non-hydrogen) atoms. The van der Waals surface area contributed by atoms with Crippen LogP contribution in [0, 0.1) is 0 Å². The van der Waals surface area contributed by atoms with Crippen LogP contribution in [0.3, 0.4) is 0 Å². The molecule has 0 unspecified atom stereocenters. The largest absolute Gasteiger partial charge is 0.0959 e. The van der Waals surface area contributed by atoms with Crippen LogP contribution in [-0.2, 0) is 0 Å². The van der Waals surface area contributed by atoms with Crippen LogP contribution in [0.1, 0.15) is 13.8 Å². The molecule has 0 bridgehead atoms. The molecule has 0 spiro atoms. The second kappa shape index (κ2) is 5.10. The Morgan fingerprint density at radius 3 is 2.50 bits per heavy atom. The van der Waals surface area contributed by atoms with Gasteiger partial charge in [-0.2, -0.15) is 0 Å². The lowest BCUT2D eigenvalue weighted by atomic mass is 9.92. The first-order valence-corrected chi connectivity index (χ1v) is 3.40. The van der Waals surface area contributed by atoms with E-state index < -0.39 is 0 Å². The number of hydrogen-bond acceptors (Lipinski definition) is 0. The summed E-state index contributed by atoms with van der Waals surface area (Å²) in [7, 11) is 5.45. The van der Waals surface area contributed by atoms with Gasteiger partial charge in [-0.15, -0.1) is 0 Å². The summed E-state index contributed by atoms with van der Waals surface area (Å²) >= 11 is 0. The molecule has 0 aromatic carbocycles. The van der Waals surface area contributed by atoms with E-state index in [1.165, 1.54) is 0 Å². The molecule has 0 aromatic rings. The number of hydrogen-bond donors (Lipinski definition) is 0. The van der Waals surface area contributed by atoms with Crippen molar-refractivity contribution in [2.24, 2.45) is 0 Å². The Labute approximate surface area is 64.7 Å². The SMILES string of the molecule is [B]C/C(=C/C=C\C)C(=C)C. The minimum atomic E-state index is 0.569. The van der Waals surface area contributed by atoms with Crippen LogP contribution >= 0.6 is 0 Å². The van der Waals surface area contributed by atoms with Gasteiger partial charge in [0.05, 0.1) is 7.85 Å². The Hall–Kier alpha value is -0.715. The maximum absolute atomic E-state index is 5.45. The topological polar surface area (TPSA) is 0 Å². The third-order valence-corrected chi connectivity index (χ3v) is 1.26. The summed E-state index contributed by atoms with van der Waals surface area (Å²) in [6.45, 7) is 7.73. The van der Waals surface area contributed by atoms with Crippen molar-refractivity contribution in [2.45, 2.75) is 20.2 Å². The van der Waals surface area contributed by atoms with Crippen molar-refractivity contribution in [3.63, 3.8) is 0 Å². The van der Waals surface area contributed by atoms with Crippen LogP contribution in [0.2, 0.25) is 6.32 Å². The molecule has 0 amide bonds. The Morgan fingerprint density at radius 2 is 2.20 bits per heavy atom. The zero-order valence-corrected chi connectivity index (χ0v) is 6.72. The number of rotatable bonds is 3. The molecule has 0 rings (SSSR count). The molecule has 0 aliphatic rings. The van der Waals surface area contributed by atoms with Crippen LogP contribution in [0.25, 0.3) is 0 Å². The lowest BCUT2D eigenvalue weighted by Crippen LogP contribution is -1.81. The van der Waals surface area contributed by atoms with E-state index in [4.69, 9.17) is 7.85 Å². The highest BCUT2D eigenvalue weighted by Gasteiger charge is 1.89. The predicted molar refractivity (Wildman–Crippen MR) is 48.3 cm³/mol. The van der Waals surface area contributed by atoms with E-state index in [2.05, 4.69) is 6.58 Å². The molecule has 0 aliphatic carbocycles. The van der Waals surface area contributed by atoms with Crippen LogP contribution in [0.5, 0.6) is 0 Å². The first-order chi connectivity index (χ1) is 4.72. The van der Waals surface area contributed by atoms with Crippen molar-refractivity contribution in [1.82, 2.24) is 0 Å². The van der Waals surface area contributed by atoms with E-state index >= 15 is 0 Å². The van der Waals surface area contributed by atoms with Crippen molar-refractivity contribution in [2.75, 3.05) is 0 Å². The van der Waals surface area contributed by atoms with Gasteiger partial charge in [-0.1, -0.05) is 42.3 Å². The zero-order chi connectivity index (χ0) is 7.98. The monoisotopic (exact) mass is 132 g/mol. The van der Waals surface area contributed by atoms with E-state index in [0.29, 0.717) is 6.32 Å². The van der Waals surface area contributed by atoms with Gasteiger partial charge in [0.1, 0.15) is 0 Å². The molecule has 0 heterocycles. The Bertz CT molecular complexity index is 164. The van der Waals surface area contributed by atoms with Crippen LogP contribution in [0.15, 0.2) is 36.0 Å². The summed E-state index contributed by atoms with van der Waals surface area (Å²) in [5, 5.41) is 0. The van der Waals surface area contributed by atoms with Crippen LogP contribution in [-0.4, -0.2) is 7.85 Å². The highest BCUT2D eigenvalue weighted by atomic mass is 13.9. The maximum Gasteiger partial charge on any atom is 0.0716 e. The zero-order valence-electron chi connectivity index (χ0n) is 6.72. The fourth-order valence-corrected chi connectivity index (χ4v) is 0.597. The minimum Gasteiger partial charge on any atom is -0.0959 e. The van der Waals surface area contributed by atoms with E-state index in [1.54, 1.807) is 0 Å². The molecule has 1 heteroatoms. The smallest absolute Gasteiger partial charge is 0.0716 e. The van der Waals surface area contributed by atoms with Crippen molar-refractivity contribution < 1.29 is 0 Å². The summed E-state index contributed by atoms with van der Waals surface area (Å²) in [4.78, 5) is 0. The van der Waals surface area contributed by atoms with E-state index in [0.717, 1.165) is 11.1 Å². The molecule has 0 saturated carbocycles. The highest BCUT2D eigenvalue weighted by molar-refractivity contribution is 6.10. The average Bonchev–Trinajstić information content (AvgIpc) is 1.89. The van der Waals surface area contributed by atoms with Gasteiger partial charge in [-0.3, -0.25) is 0 Å². The van der Waals surface area contributed by atoms with Gasteiger partial charge >= 0.3 is 0 Å². The second-order valence-electron chi connectivity index (χ2n) is 2.20. The van der Waals surface area contributed by atoms with Crippen molar-refractivity contribution >= 4 is 7.85 Å². The van der Waals surface area contributed by atoms with Gasteiger partial charge in [-0.05, 0) is 13.8 Å². The van der Waals surface area contributed by atoms with Gasteiger partial charge in [0, 0.05) is 0 Å². The van der Waals surface area contributed by atoms with Crippen molar-refractivity contribution in [3.8, 4) is 0 Å². The molecular formula is C9H13B. The molecule has 0 atom stereocenters. The normalized spacial score (nSPS) is 12.4. The fraction of sp³-hybridized carbons (Fsp3) is 0.333. The van der Waals surface area contributed by atoms with Crippen molar-refractivity contribution in [1.29, 1.82) is 0 Å². The van der Waals surface area contributed by atoms with E-state index in [9.17, 15) is 0 Å². The molecule has 52 valence electrons. The molecule has 0 aromatic heterocycles. The minimum absolute atomic E-state index is 0.569. The third kappa shape index (κ3) is 3.34. The first kappa shape index (κ1) is 9.28. The Morgan fingerprint density at radius 1 is 1.60 bits per heavy atom. The second-order valence-corrected chi connectivity index (χ2v) is 2.20. The summed E-state index contributed by atoms with van der Waals surface area (Å²) in [6.07, 6.45) is 6.50. The summed E-state index contributed by atoms with van der Waals surface area (Å²) in [6, 6.07) is 0. The molecule has 0 aliphatic heterocycles. The standard InChI is InChI=1S/C9H13B/c1-4-5-6-9(7-10)8(2)3/h4-6H,2,7H2,1,3H3/b5-4-,9-6-. The van der Waals surface area contributed by atoms with Crippen LogP contribution < -0.4 is 0 Å². The summed E-state index contributed by atoms with van der Waals surface area (Å²) < 4.78 is 0. The first-order valence-electron chi connectivity index (χ1n) is 3.40. The molecule has 2 radical (unpaired) electrons. The van der Waals surface area contributed by atoms with E-state index in [-0.39, 0.29) is 0 Å². The van der Waals surface area contributed by atoms with Gasteiger partial charge in [0.15, 0.2) is 0 Å². The predicted octanol–water partition coefficient (Wildman–Crippen LogP) is 2.65. The van der Waals surface area contributed by atoms with Gasteiger partial charge in [-0.25, -0.2) is 0 Å². The molecule has 0 saturated heterocycles.